The molecule has 122 valence electrons. The molecule has 4 nitrogen and oxygen atoms in total. The molecule has 1 aromatic carbocycles. The van der Waals surface area contributed by atoms with Crippen molar-refractivity contribution < 1.29 is 9.18 Å². The number of amides is 1. The third kappa shape index (κ3) is 1.94. The fraction of sp³-hybridized carbons (Fsp3) is 0.316. The number of benzene rings is 1. The highest BCUT2D eigenvalue weighted by Gasteiger charge is 2.54. The summed E-state index contributed by atoms with van der Waals surface area (Å²) in [6.45, 7) is 4.25. The lowest BCUT2D eigenvalue weighted by molar-refractivity contribution is -0.121. The van der Waals surface area contributed by atoms with Crippen LogP contribution >= 0.6 is 0 Å². The molecule has 0 saturated heterocycles. The third-order valence-electron chi connectivity index (χ3n) is 5.44. The zero-order valence-corrected chi connectivity index (χ0v) is 13.5. The van der Waals surface area contributed by atoms with E-state index in [0.717, 1.165) is 29.7 Å². The zero-order valence-electron chi connectivity index (χ0n) is 13.5. The summed E-state index contributed by atoms with van der Waals surface area (Å²) in [7, 11) is 1.64. The molecule has 2 atom stereocenters. The van der Waals surface area contributed by atoms with Crippen molar-refractivity contribution >= 4 is 5.91 Å². The second-order valence-corrected chi connectivity index (χ2v) is 6.56. The summed E-state index contributed by atoms with van der Waals surface area (Å²) in [5.74, 6) is -0.149. The van der Waals surface area contributed by atoms with Crippen molar-refractivity contribution in [2.24, 2.45) is 0 Å². The molecule has 2 bridgehead atoms. The number of carbonyl (C=O) groups is 1. The molecule has 2 aliphatic carbocycles. The lowest BCUT2D eigenvalue weighted by Gasteiger charge is -2.27. The van der Waals surface area contributed by atoms with E-state index in [2.05, 4.69) is 22.1 Å². The van der Waals surface area contributed by atoms with E-state index in [1.54, 1.807) is 25.2 Å². The Bertz CT molecular complexity index is 863. The number of rotatable bonds is 3. The van der Waals surface area contributed by atoms with Gasteiger partial charge in [0.15, 0.2) is 0 Å². The Morgan fingerprint density at radius 2 is 2.21 bits per heavy atom. The second kappa shape index (κ2) is 5.23. The van der Waals surface area contributed by atoms with E-state index in [4.69, 9.17) is 0 Å². The molecule has 0 spiro atoms. The molecule has 1 heterocycles. The van der Waals surface area contributed by atoms with Crippen LogP contribution in [-0.4, -0.2) is 23.2 Å². The maximum absolute atomic E-state index is 14.0. The van der Waals surface area contributed by atoms with Crippen molar-refractivity contribution in [3.63, 3.8) is 0 Å². The Morgan fingerprint density at radius 1 is 1.42 bits per heavy atom. The highest BCUT2D eigenvalue weighted by Crippen LogP contribution is 2.61. The summed E-state index contributed by atoms with van der Waals surface area (Å²) in [6.07, 6.45) is 2.16. The number of fused-ring (bicyclic) bond motifs is 5. The number of hydrogen-bond donors (Lipinski definition) is 1. The highest BCUT2D eigenvalue weighted by molar-refractivity contribution is 5.79. The van der Waals surface area contributed by atoms with Crippen LogP contribution in [0.25, 0.3) is 11.3 Å². The average molecular weight is 323 g/mol. The highest BCUT2D eigenvalue weighted by atomic mass is 19.1. The number of allylic oxidation sites excluding steroid dienone is 1. The van der Waals surface area contributed by atoms with Gasteiger partial charge in [-0.05, 0) is 36.6 Å². The lowest BCUT2D eigenvalue weighted by Crippen LogP contribution is -2.32. The SMILES string of the molecule is C=C1[C@@H]2CC[C@@]1(CC(=O)NC)c1nnc(-c3ccccc3F)cc12. The van der Waals surface area contributed by atoms with Gasteiger partial charge >= 0.3 is 0 Å². The van der Waals surface area contributed by atoms with Crippen LogP contribution in [0.3, 0.4) is 0 Å². The van der Waals surface area contributed by atoms with Crippen LogP contribution in [0.2, 0.25) is 0 Å². The van der Waals surface area contributed by atoms with Crippen LogP contribution < -0.4 is 5.32 Å². The van der Waals surface area contributed by atoms with Gasteiger partial charge in [-0.3, -0.25) is 4.79 Å². The Hall–Kier alpha value is -2.56. The number of halogens is 1. The van der Waals surface area contributed by atoms with Crippen LogP contribution in [0.1, 0.15) is 36.4 Å². The van der Waals surface area contributed by atoms with Gasteiger partial charge in [0.25, 0.3) is 0 Å². The second-order valence-electron chi connectivity index (χ2n) is 6.56. The van der Waals surface area contributed by atoms with Crippen molar-refractivity contribution in [1.82, 2.24) is 15.5 Å². The van der Waals surface area contributed by atoms with Crippen molar-refractivity contribution in [2.45, 2.75) is 30.6 Å². The number of aromatic nitrogens is 2. The number of nitrogens with zero attached hydrogens (tertiary/aromatic N) is 2. The Balaban J connectivity index is 1.82. The van der Waals surface area contributed by atoms with Gasteiger partial charge < -0.3 is 5.32 Å². The number of hydrogen-bond acceptors (Lipinski definition) is 3. The normalized spacial score (nSPS) is 24.1. The minimum absolute atomic E-state index is 0.0235. The molecule has 2 aromatic rings. The van der Waals surface area contributed by atoms with E-state index >= 15 is 0 Å². The summed E-state index contributed by atoms with van der Waals surface area (Å²) in [5, 5.41) is 11.3. The fourth-order valence-corrected chi connectivity index (χ4v) is 4.17. The van der Waals surface area contributed by atoms with E-state index in [0.29, 0.717) is 17.7 Å². The molecule has 0 unspecified atom stereocenters. The van der Waals surface area contributed by atoms with E-state index in [1.165, 1.54) is 6.07 Å². The van der Waals surface area contributed by atoms with Crippen LogP contribution in [0.5, 0.6) is 0 Å². The maximum atomic E-state index is 14.0. The molecule has 5 heteroatoms. The first-order valence-corrected chi connectivity index (χ1v) is 8.09. The molecule has 4 rings (SSSR count). The van der Waals surface area contributed by atoms with E-state index in [1.807, 2.05) is 6.07 Å². The Kier molecular flexibility index (Phi) is 3.27. The van der Waals surface area contributed by atoms with E-state index in [9.17, 15) is 9.18 Å². The molecule has 1 fully saturated rings. The van der Waals surface area contributed by atoms with Gasteiger partial charge in [-0.1, -0.05) is 24.3 Å². The smallest absolute Gasteiger partial charge is 0.221 e. The van der Waals surface area contributed by atoms with Crippen LogP contribution in [0.4, 0.5) is 4.39 Å². The molecule has 1 saturated carbocycles. The summed E-state index contributed by atoms with van der Waals surface area (Å²) >= 11 is 0. The summed E-state index contributed by atoms with van der Waals surface area (Å²) in [6, 6.07) is 8.48. The van der Waals surface area contributed by atoms with E-state index in [-0.39, 0.29) is 17.6 Å². The molecular formula is C19H18FN3O. The van der Waals surface area contributed by atoms with E-state index < -0.39 is 5.41 Å². The molecule has 2 aliphatic rings. The van der Waals surface area contributed by atoms with Gasteiger partial charge in [0.2, 0.25) is 5.91 Å². The van der Waals surface area contributed by atoms with Gasteiger partial charge in [-0.2, -0.15) is 10.2 Å². The maximum Gasteiger partial charge on any atom is 0.221 e. The lowest BCUT2D eigenvalue weighted by atomic mass is 9.78. The number of nitrogens with one attached hydrogen (secondary N) is 1. The van der Waals surface area contributed by atoms with Crippen LogP contribution in [0.15, 0.2) is 42.5 Å². The van der Waals surface area contributed by atoms with Crippen LogP contribution in [0, 0.1) is 5.82 Å². The zero-order chi connectivity index (χ0) is 16.9. The monoisotopic (exact) mass is 323 g/mol. The summed E-state index contributed by atoms with van der Waals surface area (Å²) in [5.41, 5.74) is 3.49. The molecule has 0 aliphatic heterocycles. The average Bonchev–Trinajstić information content (AvgIpc) is 3.03. The molecule has 0 radical (unpaired) electrons. The van der Waals surface area contributed by atoms with Gasteiger partial charge in [0, 0.05) is 30.4 Å². The quantitative estimate of drug-likeness (QED) is 0.883. The first kappa shape index (κ1) is 15.0. The Morgan fingerprint density at radius 3 is 2.96 bits per heavy atom. The van der Waals surface area contributed by atoms with Gasteiger partial charge in [0.1, 0.15) is 5.82 Å². The van der Waals surface area contributed by atoms with Crippen molar-refractivity contribution in [1.29, 1.82) is 0 Å². The molecule has 1 amide bonds. The van der Waals surface area contributed by atoms with Crippen molar-refractivity contribution in [3.8, 4) is 11.3 Å². The molecule has 24 heavy (non-hydrogen) atoms. The Labute approximate surface area is 139 Å². The van der Waals surface area contributed by atoms with Gasteiger partial charge in [-0.15, -0.1) is 0 Å². The largest absolute Gasteiger partial charge is 0.359 e. The first-order chi connectivity index (χ1) is 11.6. The van der Waals surface area contributed by atoms with Gasteiger partial charge in [0.05, 0.1) is 11.4 Å². The van der Waals surface area contributed by atoms with Crippen LogP contribution in [-0.2, 0) is 10.2 Å². The topological polar surface area (TPSA) is 54.9 Å². The predicted octanol–water partition coefficient (Wildman–Crippen LogP) is 3.10. The molecule has 1 N–H and O–H groups in total. The summed E-state index contributed by atoms with van der Waals surface area (Å²) in [4.78, 5) is 12.0. The molecule has 1 aromatic heterocycles. The predicted molar refractivity (Wildman–Crippen MR) is 88.9 cm³/mol. The fourth-order valence-electron chi connectivity index (χ4n) is 4.17. The minimum Gasteiger partial charge on any atom is -0.359 e. The first-order valence-electron chi connectivity index (χ1n) is 8.09. The third-order valence-corrected chi connectivity index (χ3v) is 5.44. The number of carbonyl (C=O) groups excluding carboxylic acids is 1. The van der Waals surface area contributed by atoms with Crippen molar-refractivity contribution in [2.75, 3.05) is 7.05 Å². The molecular weight excluding hydrogens is 305 g/mol. The minimum atomic E-state index is -0.416. The standard InChI is InChI=1S/C19H18FN3O/c1-11-12-7-8-19(11,10-17(24)21-2)18-14(12)9-16(22-23-18)13-5-3-4-6-15(13)20/h3-6,9,12H,1,7-8,10H2,2H3,(H,21,24)/t12-,19-/m0/s1. The van der Waals surface area contributed by atoms with Crippen molar-refractivity contribution in [3.05, 3.63) is 59.6 Å². The summed E-state index contributed by atoms with van der Waals surface area (Å²) < 4.78 is 14.0. The van der Waals surface area contributed by atoms with Gasteiger partial charge in [-0.25, -0.2) is 4.39 Å².